The Balaban J connectivity index is 0.00000312. The summed E-state index contributed by atoms with van der Waals surface area (Å²) < 4.78 is 60.4. The van der Waals surface area contributed by atoms with Crippen molar-refractivity contribution >= 4 is 51.1 Å². The highest BCUT2D eigenvalue weighted by atomic mass is 127. The molecule has 1 saturated heterocycles. The summed E-state index contributed by atoms with van der Waals surface area (Å²) in [5, 5.41) is 7.41. The Kier molecular flexibility index (Phi) is 8.38. The van der Waals surface area contributed by atoms with Crippen molar-refractivity contribution in [2.24, 2.45) is 4.99 Å². The van der Waals surface area contributed by atoms with E-state index in [4.69, 9.17) is 0 Å². The molecule has 1 aliphatic rings. The number of aromatic nitrogens is 1. The lowest BCUT2D eigenvalue weighted by Crippen LogP contribution is -2.44. The summed E-state index contributed by atoms with van der Waals surface area (Å²) in [4.78, 5) is 7.83. The molecule has 0 radical (unpaired) electrons. The smallest absolute Gasteiger partial charge is 0.357 e. The molecule has 0 aromatic carbocycles. The fraction of sp³-hybridized carbons (Fsp3) is 0.692. The number of sulfone groups is 1. The standard InChI is InChI=1S/C13H19F3N4O2S2.HI/c1-2-17-12(19-9-4-6-24(21,22)8-9)18-5-3-11-20-10(7-23-11)13(14,15)16;/h7,9H,2-6,8H2,1H3,(H2,17,18,19);1H. The second-order valence-corrected chi connectivity index (χ2v) is 8.55. The van der Waals surface area contributed by atoms with Crippen LogP contribution in [0, 0.1) is 0 Å². The topological polar surface area (TPSA) is 83.4 Å². The highest BCUT2D eigenvalue weighted by molar-refractivity contribution is 14.0. The van der Waals surface area contributed by atoms with Crippen LogP contribution in [0.5, 0.6) is 0 Å². The van der Waals surface area contributed by atoms with E-state index in [2.05, 4.69) is 20.6 Å². The van der Waals surface area contributed by atoms with Crippen molar-refractivity contribution in [1.29, 1.82) is 0 Å². The van der Waals surface area contributed by atoms with Crippen LogP contribution in [-0.4, -0.2) is 50.0 Å². The minimum Gasteiger partial charge on any atom is -0.357 e. The van der Waals surface area contributed by atoms with Gasteiger partial charge in [-0.05, 0) is 13.3 Å². The number of hydrogen-bond acceptors (Lipinski definition) is 5. The Morgan fingerprint density at radius 2 is 2.20 bits per heavy atom. The minimum atomic E-state index is -4.43. The molecule has 1 aliphatic heterocycles. The number of thiazole rings is 1. The summed E-state index contributed by atoms with van der Waals surface area (Å²) >= 11 is 0.954. The number of nitrogens with zero attached hydrogens (tertiary/aromatic N) is 2. The number of alkyl halides is 3. The van der Waals surface area contributed by atoms with Crippen molar-refractivity contribution in [2.45, 2.75) is 32.0 Å². The number of hydrogen-bond donors (Lipinski definition) is 2. The zero-order chi connectivity index (χ0) is 17.8. The van der Waals surface area contributed by atoms with Crippen molar-refractivity contribution in [1.82, 2.24) is 15.6 Å². The first-order chi connectivity index (χ1) is 11.2. The monoisotopic (exact) mass is 512 g/mol. The largest absolute Gasteiger partial charge is 0.434 e. The molecule has 1 aromatic heterocycles. The molecule has 0 bridgehead atoms. The van der Waals surface area contributed by atoms with Crippen molar-refractivity contribution < 1.29 is 21.6 Å². The molecule has 1 fully saturated rings. The SMILES string of the molecule is CCNC(=NCCc1nc(C(F)(F)F)cs1)NC1CCS(=O)(=O)C1.I. The number of aliphatic imine (C=N–C) groups is 1. The van der Waals surface area contributed by atoms with Gasteiger partial charge in [-0.1, -0.05) is 0 Å². The van der Waals surface area contributed by atoms with E-state index in [0.717, 1.165) is 16.7 Å². The molecule has 0 amide bonds. The van der Waals surface area contributed by atoms with E-state index >= 15 is 0 Å². The van der Waals surface area contributed by atoms with E-state index in [1.807, 2.05) is 6.92 Å². The lowest BCUT2D eigenvalue weighted by atomic mass is 10.3. The second-order valence-electron chi connectivity index (χ2n) is 5.38. The first kappa shape index (κ1) is 22.4. The normalized spacial score (nSPS) is 20.2. The van der Waals surface area contributed by atoms with E-state index in [0.29, 0.717) is 30.4 Å². The number of halogens is 4. The Morgan fingerprint density at radius 3 is 2.72 bits per heavy atom. The Bertz CT molecular complexity index is 692. The zero-order valence-corrected chi connectivity index (χ0v) is 17.4. The van der Waals surface area contributed by atoms with Crippen molar-refractivity contribution in [3.63, 3.8) is 0 Å². The van der Waals surface area contributed by atoms with Gasteiger partial charge in [0, 0.05) is 30.9 Å². The van der Waals surface area contributed by atoms with Gasteiger partial charge in [0.2, 0.25) is 0 Å². The lowest BCUT2D eigenvalue weighted by molar-refractivity contribution is -0.140. The van der Waals surface area contributed by atoms with Crippen LogP contribution in [0.25, 0.3) is 0 Å². The van der Waals surface area contributed by atoms with Gasteiger partial charge >= 0.3 is 6.18 Å². The zero-order valence-electron chi connectivity index (χ0n) is 13.5. The summed E-state index contributed by atoms with van der Waals surface area (Å²) in [6.07, 6.45) is -3.61. The Hall–Kier alpha value is -0.630. The third-order valence-electron chi connectivity index (χ3n) is 3.36. The van der Waals surface area contributed by atoms with Gasteiger partial charge in [0.1, 0.15) is 0 Å². The van der Waals surface area contributed by atoms with Gasteiger partial charge in [0.05, 0.1) is 16.5 Å². The molecule has 1 aromatic rings. The Morgan fingerprint density at radius 1 is 1.48 bits per heavy atom. The van der Waals surface area contributed by atoms with Crippen LogP contribution in [0.2, 0.25) is 0 Å². The fourth-order valence-electron chi connectivity index (χ4n) is 2.24. The number of nitrogens with one attached hydrogen (secondary N) is 2. The highest BCUT2D eigenvalue weighted by Gasteiger charge is 2.33. The summed E-state index contributed by atoms with van der Waals surface area (Å²) in [5.41, 5.74) is -0.882. The molecule has 2 heterocycles. The predicted molar refractivity (Wildman–Crippen MR) is 102 cm³/mol. The molecule has 12 heteroatoms. The van der Waals surface area contributed by atoms with Gasteiger partial charge in [-0.2, -0.15) is 13.2 Å². The van der Waals surface area contributed by atoms with Gasteiger partial charge in [-0.15, -0.1) is 35.3 Å². The van der Waals surface area contributed by atoms with Gasteiger partial charge in [-0.3, -0.25) is 4.99 Å². The van der Waals surface area contributed by atoms with Crippen molar-refractivity contribution in [3.05, 3.63) is 16.1 Å². The van der Waals surface area contributed by atoms with E-state index in [1.165, 1.54) is 0 Å². The molecule has 0 aliphatic carbocycles. The number of guanidine groups is 1. The molecular weight excluding hydrogens is 492 g/mol. The van der Waals surface area contributed by atoms with Crippen LogP contribution in [0.15, 0.2) is 10.4 Å². The average Bonchev–Trinajstić information content (AvgIpc) is 3.05. The third-order valence-corrected chi connectivity index (χ3v) is 6.03. The van der Waals surface area contributed by atoms with Crippen molar-refractivity contribution in [2.75, 3.05) is 24.6 Å². The first-order valence-electron chi connectivity index (χ1n) is 7.46. The molecule has 6 nitrogen and oxygen atoms in total. The van der Waals surface area contributed by atoms with Crippen LogP contribution < -0.4 is 10.6 Å². The third kappa shape index (κ3) is 7.25. The summed E-state index contributed by atoms with van der Waals surface area (Å²) in [7, 11) is -2.99. The molecule has 0 spiro atoms. The van der Waals surface area contributed by atoms with Gasteiger partial charge < -0.3 is 10.6 Å². The highest BCUT2D eigenvalue weighted by Crippen LogP contribution is 2.30. The maximum Gasteiger partial charge on any atom is 0.434 e. The van der Waals surface area contributed by atoms with E-state index in [1.54, 1.807) is 0 Å². The molecule has 0 saturated carbocycles. The van der Waals surface area contributed by atoms with Gasteiger partial charge in [-0.25, -0.2) is 13.4 Å². The van der Waals surface area contributed by atoms with Crippen LogP contribution in [-0.2, 0) is 22.4 Å². The molecular formula is C13H20F3IN4O2S2. The van der Waals surface area contributed by atoms with E-state index in [9.17, 15) is 21.6 Å². The number of rotatable bonds is 5. The van der Waals surface area contributed by atoms with Crippen LogP contribution in [0.3, 0.4) is 0 Å². The molecule has 2 N–H and O–H groups in total. The van der Waals surface area contributed by atoms with E-state index in [-0.39, 0.29) is 48.1 Å². The quantitative estimate of drug-likeness (QED) is 0.359. The first-order valence-corrected chi connectivity index (χ1v) is 10.2. The predicted octanol–water partition coefficient (Wildman–Crippen LogP) is 2.06. The summed E-state index contributed by atoms with van der Waals surface area (Å²) in [5.74, 6) is 0.689. The molecule has 1 unspecified atom stereocenters. The summed E-state index contributed by atoms with van der Waals surface area (Å²) in [6, 6.07) is -0.190. The van der Waals surface area contributed by atoms with Crippen LogP contribution >= 0.6 is 35.3 Å². The van der Waals surface area contributed by atoms with E-state index < -0.39 is 21.7 Å². The van der Waals surface area contributed by atoms with Crippen molar-refractivity contribution in [3.8, 4) is 0 Å². The second kappa shape index (κ2) is 9.35. The minimum absolute atomic E-state index is 0. The molecule has 25 heavy (non-hydrogen) atoms. The molecule has 1 atom stereocenters. The maximum absolute atomic E-state index is 12.5. The van der Waals surface area contributed by atoms with Crippen LogP contribution in [0.4, 0.5) is 13.2 Å². The molecule has 144 valence electrons. The van der Waals surface area contributed by atoms with Gasteiger partial charge in [0.25, 0.3) is 0 Å². The maximum atomic E-state index is 12.5. The van der Waals surface area contributed by atoms with Gasteiger partial charge in [0.15, 0.2) is 21.5 Å². The summed E-state index contributed by atoms with van der Waals surface area (Å²) in [6.45, 7) is 2.74. The van der Waals surface area contributed by atoms with Crippen LogP contribution in [0.1, 0.15) is 24.0 Å². The Labute approximate surface area is 165 Å². The lowest BCUT2D eigenvalue weighted by Gasteiger charge is -2.15. The molecule has 2 rings (SSSR count). The fourth-order valence-corrected chi connectivity index (χ4v) is 4.71. The average molecular weight is 512 g/mol.